The van der Waals surface area contributed by atoms with Crippen LogP contribution in [0.15, 0.2) is 22.7 Å². The van der Waals surface area contributed by atoms with Crippen LogP contribution in [0, 0.1) is 17.7 Å². The summed E-state index contributed by atoms with van der Waals surface area (Å²) in [7, 11) is 0. The molecule has 0 spiro atoms. The van der Waals surface area contributed by atoms with Crippen LogP contribution in [-0.4, -0.2) is 11.1 Å². The van der Waals surface area contributed by atoms with Crippen LogP contribution in [0.5, 0.6) is 0 Å². The third-order valence-corrected chi connectivity index (χ3v) is 1.88. The molecule has 0 aromatic heterocycles. The van der Waals surface area contributed by atoms with Crippen LogP contribution in [0.25, 0.3) is 0 Å². The second-order valence-corrected chi connectivity index (χ2v) is 3.04. The Labute approximate surface area is 82.5 Å². The van der Waals surface area contributed by atoms with Gasteiger partial charge in [-0.2, -0.15) is 0 Å². The quantitative estimate of drug-likeness (QED) is 0.708. The van der Waals surface area contributed by atoms with Crippen LogP contribution < -0.4 is 0 Å². The van der Waals surface area contributed by atoms with Gasteiger partial charge in [-0.15, -0.1) is 0 Å². The van der Waals surface area contributed by atoms with Crippen LogP contribution in [0.2, 0.25) is 0 Å². The van der Waals surface area contributed by atoms with Crippen molar-refractivity contribution in [2.75, 3.05) is 0 Å². The van der Waals surface area contributed by atoms with Crippen LogP contribution in [0.1, 0.15) is 5.56 Å². The largest absolute Gasteiger partial charge is 0.472 e. The molecule has 1 rings (SSSR count). The fourth-order valence-electron chi connectivity index (χ4n) is 0.700. The normalized spacial score (nSPS) is 8.77. The molecule has 0 amide bonds. The minimum Gasteiger partial charge on any atom is -0.472 e. The highest BCUT2D eigenvalue weighted by molar-refractivity contribution is 9.10. The lowest BCUT2D eigenvalue weighted by molar-refractivity contribution is -0.130. The lowest BCUT2D eigenvalue weighted by Crippen LogP contribution is -1.87. The topological polar surface area (TPSA) is 37.3 Å². The van der Waals surface area contributed by atoms with Crippen LogP contribution >= 0.6 is 15.9 Å². The van der Waals surface area contributed by atoms with Crippen LogP contribution in [0.3, 0.4) is 0 Å². The van der Waals surface area contributed by atoms with Crippen molar-refractivity contribution in [2.24, 2.45) is 0 Å². The van der Waals surface area contributed by atoms with Gasteiger partial charge in [-0.3, -0.25) is 0 Å². The molecule has 0 saturated carbocycles. The first-order chi connectivity index (χ1) is 6.09. The lowest BCUT2D eigenvalue weighted by atomic mass is 10.2. The highest BCUT2D eigenvalue weighted by Crippen LogP contribution is 2.15. The number of carboxylic acids is 1. The van der Waals surface area contributed by atoms with Gasteiger partial charge in [0.25, 0.3) is 0 Å². The Morgan fingerprint density at radius 2 is 2.23 bits per heavy atom. The van der Waals surface area contributed by atoms with Gasteiger partial charge in [0.1, 0.15) is 5.82 Å². The van der Waals surface area contributed by atoms with Crippen molar-refractivity contribution < 1.29 is 14.3 Å². The van der Waals surface area contributed by atoms with Crippen molar-refractivity contribution in [1.29, 1.82) is 0 Å². The molecule has 0 aliphatic rings. The third-order valence-electron chi connectivity index (χ3n) is 1.23. The SMILES string of the molecule is O=C(O)C#Cc1ccc(Br)c(F)c1. The Kier molecular flexibility index (Phi) is 3.04. The zero-order chi connectivity index (χ0) is 9.84. The number of carboxylic acid groups (broad SMARTS) is 1. The number of benzene rings is 1. The molecule has 0 radical (unpaired) electrons. The maximum absolute atomic E-state index is 12.8. The average molecular weight is 243 g/mol. The van der Waals surface area contributed by atoms with E-state index in [2.05, 4.69) is 21.9 Å². The smallest absolute Gasteiger partial charge is 0.382 e. The lowest BCUT2D eigenvalue weighted by Gasteiger charge is -1.93. The van der Waals surface area contributed by atoms with Crippen LogP contribution in [0.4, 0.5) is 4.39 Å². The van der Waals surface area contributed by atoms with E-state index >= 15 is 0 Å². The standard InChI is InChI=1S/C9H4BrFO2/c10-7-3-1-6(5-8(7)11)2-4-9(12)13/h1,3,5H,(H,12,13). The first-order valence-electron chi connectivity index (χ1n) is 3.29. The summed E-state index contributed by atoms with van der Waals surface area (Å²) in [5.74, 6) is 2.50. The van der Waals surface area contributed by atoms with Gasteiger partial charge < -0.3 is 5.11 Å². The van der Waals surface area contributed by atoms with E-state index < -0.39 is 11.8 Å². The van der Waals surface area contributed by atoms with Gasteiger partial charge in [0, 0.05) is 11.5 Å². The Morgan fingerprint density at radius 1 is 1.54 bits per heavy atom. The number of carbonyl (C=O) groups is 1. The first-order valence-corrected chi connectivity index (χ1v) is 4.09. The fraction of sp³-hybridized carbons (Fsp3) is 0. The van der Waals surface area contributed by atoms with Crippen molar-refractivity contribution >= 4 is 21.9 Å². The van der Waals surface area contributed by atoms with E-state index in [1.54, 1.807) is 0 Å². The molecule has 0 heterocycles. The molecular weight excluding hydrogens is 239 g/mol. The summed E-state index contributed by atoms with van der Waals surface area (Å²) < 4.78 is 13.2. The summed E-state index contributed by atoms with van der Waals surface area (Å²) in [4.78, 5) is 10.0. The molecule has 1 N–H and O–H groups in total. The van der Waals surface area contributed by atoms with Gasteiger partial charge in [-0.25, -0.2) is 9.18 Å². The van der Waals surface area contributed by atoms with E-state index in [4.69, 9.17) is 5.11 Å². The van der Waals surface area contributed by atoms with Gasteiger partial charge in [-0.05, 0) is 34.1 Å². The van der Waals surface area contributed by atoms with E-state index in [0.717, 1.165) is 0 Å². The van der Waals surface area contributed by atoms with E-state index in [-0.39, 0.29) is 0 Å². The second-order valence-electron chi connectivity index (χ2n) is 2.18. The molecule has 13 heavy (non-hydrogen) atoms. The Balaban J connectivity index is 3.00. The summed E-state index contributed by atoms with van der Waals surface area (Å²) in [6.45, 7) is 0. The molecule has 1 aromatic carbocycles. The Hall–Kier alpha value is -1.34. The molecule has 0 unspecified atom stereocenters. The minimum atomic E-state index is -1.23. The molecular formula is C9H4BrFO2. The highest BCUT2D eigenvalue weighted by atomic mass is 79.9. The number of hydrogen-bond acceptors (Lipinski definition) is 1. The van der Waals surface area contributed by atoms with Gasteiger partial charge >= 0.3 is 5.97 Å². The molecule has 1 aromatic rings. The molecule has 0 saturated heterocycles. The summed E-state index contributed by atoms with van der Waals surface area (Å²) in [6.07, 6.45) is 0. The zero-order valence-corrected chi connectivity index (χ0v) is 7.93. The average Bonchev–Trinajstić information content (AvgIpc) is 2.07. The second kappa shape index (κ2) is 4.06. The van der Waals surface area contributed by atoms with Gasteiger partial charge in [0.2, 0.25) is 0 Å². The van der Waals surface area contributed by atoms with Crippen LogP contribution in [-0.2, 0) is 4.79 Å². The predicted octanol–water partition coefficient (Wildman–Crippen LogP) is 2.02. The summed E-state index contributed by atoms with van der Waals surface area (Å²) in [5.41, 5.74) is 0.336. The summed E-state index contributed by atoms with van der Waals surface area (Å²) >= 11 is 2.97. The van der Waals surface area contributed by atoms with E-state index in [0.29, 0.717) is 10.0 Å². The molecule has 0 bridgehead atoms. The summed E-state index contributed by atoms with van der Waals surface area (Å²) in [5, 5.41) is 8.22. The van der Waals surface area contributed by atoms with E-state index in [9.17, 15) is 9.18 Å². The molecule has 0 aliphatic carbocycles. The minimum absolute atomic E-state index is 0.327. The van der Waals surface area contributed by atoms with Crippen molar-refractivity contribution in [1.82, 2.24) is 0 Å². The summed E-state index contributed by atoms with van der Waals surface area (Å²) in [6, 6.07) is 4.17. The highest BCUT2D eigenvalue weighted by Gasteiger charge is 1.97. The number of aliphatic carboxylic acids is 1. The molecule has 0 atom stereocenters. The van der Waals surface area contributed by atoms with Crippen molar-refractivity contribution in [3.63, 3.8) is 0 Å². The predicted molar refractivity (Wildman–Crippen MR) is 48.6 cm³/mol. The number of halogens is 2. The maximum Gasteiger partial charge on any atom is 0.382 e. The van der Waals surface area contributed by atoms with Crippen molar-refractivity contribution in [2.45, 2.75) is 0 Å². The molecule has 0 fully saturated rings. The number of rotatable bonds is 0. The van der Waals surface area contributed by atoms with Crippen molar-refractivity contribution in [3.8, 4) is 11.8 Å². The van der Waals surface area contributed by atoms with E-state index in [1.807, 2.05) is 5.92 Å². The van der Waals surface area contributed by atoms with Crippen molar-refractivity contribution in [3.05, 3.63) is 34.1 Å². The molecule has 2 nitrogen and oxygen atoms in total. The monoisotopic (exact) mass is 242 g/mol. The molecule has 0 aliphatic heterocycles. The Morgan fingerprint density at radius 3 is 2.77 bits per heavy atom. The number of hydrogen-bond donors (Lipinski definition) is 1. The Bertz CT molecular complexity index is 404. The van der Waals surface area contributed by atoms with Gasteiger partial charge in [0.15, 0.2) is 0 Å². The fourth-order valence-corrected chi connectivity index (χ4v) is 0.946. The zero-order valence-electron chi connectivity index (χ0n) is 6.34. The van der Waals surface area contributed by atoms with Gasteiger partial charge in [0.05, 0.1) is 4.47 Å². The molecule has 4 heteroatoms. The maximum atomic E-state index is 12.8. The van der Waals surface area contributed by atoms with Gasteiger partial charge in [-0.1, -0.05) is 5.92 Å². The molecule has 66 valence electrons. The van der Waals surface area contributed by atoms with E-state index in [1.165, 1.54) is 18.2 Å². The first kappa shape index (κ1) is 9.75. The third kappa shape index (κ3) is 2.88.